The molecule has 1 N–H and O–H groups in total. The lowest BCUT2D eigenvalue weighted by molar-refractivity contribution is -0.178. The minimum atomic E-state index is -0.750. The van der Waals surface area contributed by atoms with Crippen LogP contribution in [0.4, 0.5) is 0 Å². The third-order valence-electron chi connectivity index (χ3n) is 4.72. The predicted molar refractivity (Wildman–Crippen MR) is 108 cm³/mol. The van der Waals surface area contributed by atoms with Gasteiger partial charge in [0.1, 0.15) is 12.2 Å². The van der Waals surface area contributed by atoms with Crippen molar-refractivity contribution < 1.29 is 19.4 Å². The van der Waals surface area contributed by atoms with E-state index in [9.17, 15) is 5.21 Å². The highest BCUT2D eigenvalue weighted by molar-refractivity contribution is 5.15. The largest absolute Gasteiger partial charge is 0.374 e. The molecule has 1 aliphatic heterocycles. The predicted octanol–water partition coefficient (Wildman–Crippen LogP) is 4.17. The molecular weight excluding hydrogens is 354 g/mol. The molecule has 0 spiro atoms. The topological polar surface area (TPSA) is 51.2 Å². The van der Waals surface area contributed by atoms with Crippen LogP contribution in [0.5, 0.6) is 0 Å². The molecule has 1 unspecified atom stereocenters. The average molecular weight is 383 g/mol. The Morgan fingerprint density at radius 2 is 1.68 bits per heavy atom. The Balaban J connectivity index is 1.64. The highest BCUT2D eigenvalue weighted by Crippen LogP contribution is 2.32. The van der Waals surface area contributed by atoms with Gasteiger partial charge in [0.05, 0.1) is 19.3 Å². The van der Waals surface area contributed by atoms with Crippen molar-refractivity contribution >= 4 is 0 Å². The number of hydrogen-bond acceptors (Lipinski definition) is 5. The lowest BCUT2D eigenvalue weighted by Gasteiger charge is -2.30. The van der Waals surface area contributed by atoms with E-state index in [0.29, 0.717) is 19.8 Å². The van der Waals surface area contributed by atoms with Crippen molar-refractivity contribution in [2.24, 2.45) is 0 Å². The van der Waals surface area contributed by atoms with Crippen LogP contribution in [-0.4, -0.2) is 40.9 Å². The number of nitrogens with zero attached hydrogens (tertiary/aromatic N) is 1. The molecule has 2 aromatic rings. The van der Waals surface area contributed by atoms with E-state index in [4.69, 9.17) is 14.2 Å². The van der Waals surface area contributed by atoms with Gasteiger partial charge in [-0.1, -0.05) is 66.7 Å². The Morgan fingerprint density at radius 3 is 2.29 bits per heavy atom. The summed E-state index contributed by atoms with van der Waals surface area (Å²) in [7, 11) is 0. The lowest BCUT2D eigenvalue weighted by Crippen LogP contribution is -2.46. The van der Waals surface area contributed by atoms with E-state index >= 15 is 0 Å². The van der Waals surface area contributed by atoms with Gasteiger partial charge >= 0.3 is 0 Å². The fourth-order valence-electron chi connectivity index (χ4n) is 3.45. The van der Waals surface area contributed by atoms with Crippen molar-refractivity contribution in [1.82, 2.24) is 5.06 Å². The van der Waals surface area contributed by atoms with E-state index in [1.807, 2.05) is 74.5 Å². The highest BCUT2D eigenvalue weighted by atomic mass is 16.8. The molecule has 1 heterocycles. The van der Waals surface area contributed by atoms with Gasteiger partial charge in [-0.3, -0.25) is 0 Å². The van der Waals surface area contributed by atoms with Gasteiger partial charge in [-0.25, -0.2) is 0 Å². The van der Waals surface area contributed by atoms with Crippen molar-refractivity contribution in [2.45, 2.75) is 51.0 Å². The van der Waals surface area contributed by atoms with Crippen LogP contribution in [0.3, 0.4) is 0 Å². The van der Waals surface area contributed by atoms with Gasteiger partial charge in [-0.2, -0.15) is 5.06 Å². The fraction of sp³-hybridized carbons (Fsp3) is 0.391. The van der Waals surface area contributed by atoms with Crippen molar-refractivity contribution in [1.29, 1.82) is 0 Å². The van der Waals surface area contributed by atoms with Gasteiger partial charge in [-0.05, 0) is 25.0 Å². The molecule has 0 saturated carbocycles. The summed E-state index contributed by atoms with van der Waals surface area (Å²) in [4.78, 5) is 0. The van der Waals surface area contributed by atoms with E-state index in [-0.39, 0.29) is 6.10 Å². The van der Waals surface area contributed by atoms with Crippen LogP contribution < -0.4 is 0 Å². The van der Waals surface area contributed by atoms with Gasteiger partial charge in [-0.15, -0.1) is 6.58 Å². The summed E-state index contributed by atoms with van der Waals surface area (Å²) < 4.78 is 18.0. The molecule has 2 aromatic carbocycles. The Hall–Kier alpha value is -2.02. The number of hydrogen-bond donors (Lipinski definition) is 1. The second-order valence-electron chi connectivity index (χ2n) is 7.45. The summed E-state index contributed by atoms with van der Waals surface area (Å²) in [6.07, 6.45) is 0.992. The second-order valence-corrected chi connectivity index (χ2v) is 7.45. The highest BCUT2D eigenvalue weighted by Gasteiger charge is 2.46. The summed E-state index contributed by atoms with van der Waals surface area (Å²) in [6, 6.07) is 19.4. The summed E-state index contributed by atoms with van der Waals surface area (Å²) in [6.45, 7) is 8.88. The van der Waals surface area contributed by atoms with Gasteiger partial charge in [0.15, 0.2) is 5.79 Å². The molecule has 0 bridgehead atoms. The third kappa shape index (κ3) is 5.50. The zero-order chi connectivity index (χ0) is 20.0. The van der Waals surface area contributed by atoms with Crippen molar-refractivity contribution in [3.05, 3.63) is 84.4 Å². The quantitative estimate of drug-likeness (QED) is 0.520. The Morgan fingerprint density at radius 1 is 1.07 bits per heavy atom. The van der Waals surface area contributed by atoms with Crippen LogP contribution >= 0.6 is 0 Å². The standard InChI is InChI=1S/C23H29NO4/c1-4-20(24(25)15-18-11-7-5-8-12-18)22-21(27-23(2,3)28-22)17-26-16-19-13-9-6-10-14-19/h4-14,20-22,25H,1,15-17H2,2-3H3/t20-,21?,22+/m1/s1. The first-order valence-electron chi connectivity index (χ1n) is 9.58. The molecule has 0 amide bonds. The van der Waals surface area contributed by atoms with Crippen LogP contribution in [0.25, 0.3) is 0 Å². The zero-order valence-electron chi connectivity index (χ0n) is 16.5. The molecule has 3 atom stereocenters. The first kappa shape index (κ1) is 20.7. The van der Waals surface area contributed by atoms with E-state index < -0.39 is 17.9 Å². The first-order valence-corrected chi connectivity index (χ1v) is 9.58. The summed E-state index contributed by atoms with van der Waals surface area (Å²) in [5.74, 6) is -0.750. The smallest absolute Gasteiger partial charge is 0.163 e. The maximum absolute atomic E-state index is 10.7. The number of ether oxygens (including phenoxy) is 3. The van der Waals surface area contributed by atoms with Crippen LogP contribution in [0, 0.1) is 0 Å². The maximum atomic E-state index is 10.7. The monoisotopic (exact) mass is 383 g/mol. The van der Waals surface area contributed by atoms with Crippen molar-refractivity contribution in [3.8, 4) is 0 Å². The Labute approximate surface area is 167 Å². The third-order valence-corrected chi connectivity index (χ3v) is 4.72. The second kappa shape index (κ2) is 9.45. The van der Waals surface area contributed by atoms with E-state index in [1.54, 1.807) is 6.08 Å². The SMILES string of the molecule is C=C[C@H]([C@@H]1OC(C)(C)OC1COCc1ccccc1)N(O)Cc1ccccc1. The molecule has 150 valence electrons. The van der Waals surface area contributed by atoms with Gasteiger partial charge < -0.3 is 19.4 Å². The average Bonchev–Trinajstić information content (AvgIpc) is 2.98. The summed E-state index contributed by atoms with van der Waals surface area (Å²) >= 11 is 0. The van der Waals surface area contributed by atoms with Crippen molar-refractivity contribution in [2.75, 3.05) is 6.61 Å². The minimum Gasteiger partial charge on any atom is -0.374 e. The zero-order valence-corrected chi connectivity index (χ0v) is 16.5. The number of rotatable bonds is 9. The van der Waals surface area contributed by atoms with Crippen LogP contribution in [0.15, 0.2) is 73.3 Å². The molecule has 1 fully saturated rings. The van der Waals surface area contributed by atoms with Crippen molar-refractivity contribution in [3.63, 3.8) is 0 Å². The van der Waals surface area contributed by atoms with E-state index in [0.717, 1.165) is 11.1 Å². The molecule has 1 aliphatic rings. The van der Waals surface area contributed by atoms with Gasteiger partial charge in [0.2, 0.25) is 0 Å². The lowest BCUT2D eigenvalue weighted by atomic mass is 10.0. The molecule has 0 radical (unpaired) electrons. The van der Waals surface area contributed by atoms with Crippen LogP contribution in [0.1, 0.15) is 25.0 Å². The fourth-order valence-corrected chi connectivity index (χ4v) is 3.45. The molecule has 28 heavy (non-hydrogen) atoms. The van der Waals surface area contributed by atoms with Crippen LogP contribution in [-0.2, 0) is 27.4 Å². The molecule has 0 aliphatic carbocycles. The molecule has 0 aromatic heterocycles. The van der Waals surface area contributed by atoms with Gasteiger partial charge in [0, 0.05) is 6.54 Å². The Kier molecular flexibility index (Phi) is 6.99. The van der Waals surface area contributed by atoms with Crippen LogP contribution in [0.2, 0.25) is 0 Å². The van der Waals surface area contributed by atoms with E-state index in [1.165, 1.54) is 5.06 Å². The first-order chi connectivity index (χ1) is 13.5. The molecule has 3 rings (SSSR count). The normalized spacial score (nSPS) is 22.3. The molecule has 5 heteroatoms. The maximum Gasteiger partial charge on any atom is 0.163 e. The van der Waals surface area contributed by atoms with E-state index in [2.05, 4.69) is 6.58 Å². The number of benzene rings is 2. The summed E-state index contributed by atoms with van der Waals surface area (Å²) in [5, 5.41) is 12.0. The minimum absolute atomic E-state index is 0.313. The molecular formula is C23H29NO4. The number of hydroxylamine groups is 2. The molecule has 1 saturated heterocycles. The molecule has 5 nitrogen and oxygen atoms in total. The van der Waals surface area contributed by atoms with Gasteiger partial charge in [0.25, 0.3) is 0 Å². The Bertz CT molecular complexity index is 735. The summed E-state index contributed by atoms with van der Waals surface area (Å²) in [5.41, 5.74) is 2.11.